The molecular weight excluding hydrogens is 401 g/mol. The molecule has 0 aromatic carbocycles. The number of thiophene rings is 1. The van der Waals surface area contributed by atoms with Crippen LogP contribution in [0.4, 0.5) is 5.00 Å². The number of carbonyl (C=O) groups is 1. The molecule has 2 N–H and O–H groups in total. The Bertz CT molecular complexity index is 724. The number of nitrogens with zero attached hydrogens (tertiary/aromatic N) is 1. The van der Waals surface area contributed by atoms with Crippen LogP contribution in [0, 0.1) is 3.77 Å². The summed E-state index contributed by atoms with van der Waals surface area (Å²) in [6.07, 6.45) is 0.655. The Hall–Kier alpha value is -1.06. The number of anilines is 1. The van der Waals surface area contributed by atoms with Crippen molar-refractivity contribution in [3.05, 3.63) is 37.7 Å². The fourth-order valence-electron chi connectivity index (χ4n) is 2.87. The molecule has 5 nitrogen and oxygen atoms in total. The summed E-state index contributed by atoms with van der Waals surface area (Å²) in [5, 5.41) is 7.36. The van der Waals surface area contributed by atoms with Gasteiger partial charge in [0.15, 0.2) is 9.93 Å². The molecule has 7 heteroatoms. The Morgan fingerprint density at radius 1 is 1.43 bits per heavy atom. The van der Waals surface area contributed by atoms with E-state index in [4.69, 9.17) is 4.42 Å². The summed E-state index contributed by atoms with van der Waals surface area (Å²) in [5.41, 5.74) is 2.05. The molecule has 1 atom stereocenters. The number of nitrogens with one attached hydrogen (secondary N) is 2. The highest BCUT2D eigenvalue weighted by Gasteiger charge is 2.33. The zero-order valence-corrected chi connectivity index (χ0v) is 14.4. The highest BCUT2D eigenvalue weighted by Crippen LogP contribution is 2.40. The molecule has 1 amide bonds. The molecule has 0 aliphatic carbocycles. The maximum absolute atomic E-state index is 12.5. The van der Waals surface area contributed by atoms with Crippen molar-refractivity contribution in [2.75, 3.05) is 18.9 Å². The first kappa shape index (κ1) is 13.6. The third-order valence-electron chi connectivity index (χ3n) is 3.90. The van der Waals surface area contributed by atoms with E-state index in [0.717, 1.165) is 39.6 Å². The molecule has 0 spiro atoms. The third-order valence-corrected chi connectivity index (χ3v) is 5.63. The number of amides is 1. The Morgan fingerprint density at radius 3 is 3.05 bits per heavy atom. The first-order chi connectivity index (χ1) is 10.1. The van der Waals surface area contributed by atoms with Gasteiger partial charge in [-0.25, -0.2) is 0 Å². The zero-order chi connectivity index (χ0) is 14.6. The molecule has 21 heavy (non-hydrogen) atoms. The molecule has 2 aromatic rings. The van der Waals surface area contributed by atoms with E-state index in [9.17, 15) is 4.79 Å². The minimum absolute atomic E-state index is 0.00205. The molecule has 2 aromatic heterocycles. The molecule has 0 fully saturated rings. The maximum atomic E-state index is 12.5. The lowest BCUT2D eigenvalue weighted by atomic mass is 10.0. The lowest BCUT2D eigenvalue weighted by Crippen LogP contribution is -2.38. The first-order valence-electron chi connectivity index (χ1n) is 6.77. The third kappa shape index (κ3) is 2.27. The zero-order valence-electron chi connectivity index (χ0n) is 11.4. The van der Waals surface area contributed by atoms with Crippen LogP contribution in [0.5, 0.6) is 0 Å². The van der Waals surface area contributed by atoms with Crippen LogP contribution in [0.1, 0.15) is 32.7 Å². The largest absolute Gasteiger partial charge is 0.451 e. The number of halogens is 1. The highest BCUT2D eigenvalue weighted by molar-refractivity contribution is 14.1. The van der Waals surface area contributed by atoms with Gasteiger partial charge in [0.2, 0.25) is 0 Å². The van der Waals surface area contributed by atoms with Crippen molar-refractivity contribution in [3.63, 3.8) is 0 Å². The van der Waals surface area contributed by atoms with Crippen LogP contribution in [0.3, 0.4) is 0 Å². The summed E-state index contributed by atoms with van der Waals surface area (Å²) in [6.45, 7) is 1.93. The lowest BCUT2D eigenvalue weighted by molar-refractivity contribution is 0.0930. The number of hydrogen-bond acceptors (Lipinski definition) is 5. The van der Waals surface area contributed by atoms with E-state index in [1.807, 2.05) is 12.1 Å². The SMILES string of the molecule is CN1CCc2c(sc3c2C(=O)N[C@@H](c2ccc(I)o2)N3)C1. The Kier molecular flexibility index (Phi) is 3.23. The van der Waals surface area contributed by atoms with Crippen LogP contribution in [-0.2, 0) is 13.0 Å². The second-order valence-corrected chi connectivity index (χ2v) is 7.56. The molecule has 4 rings (SSSR count). The van der Waals surface area contributed by atoms with Gasteiger partial charge in [0, 0.05) is 18.0 Å². The summed E-state index contributed by atoms with van der Waals surface area (Å²) >= 11 is 3.82. The number of furan rings is 1. The van der Waals surface area contributed by atoms with Crippen molar-refractivity contribution in [1.82, 2.24) is 10.2 Å². The van der Waals surface area contributed by atoms with E-state index in [1.165, 1.54) is 10.4 Å². The van der Waals surface area contributed by atoms with Crippen LogP contribution < -0.4 is 10.6 Å². The first-order valence-corrected chi connectivity index (χ1v) is 8.67. The normalized spacial score (nSPS) is 21.4. The summed E-state index contributed by atoms with van der Waals surface area (Å²) in [5.74, 6) is 0.740. The molecule has 0 saturated carbocycles. The van der Waals surface area contributed by atoms with Gasteiger partial charge in [-0.3, -0.25) is 4.79 Å². The molecule has 0 radical (unpaired) electrons. The van der Waals surface area contributed by atoms with Crippen LogP contribution >= 0.6 is 33.9 Å². The molecule has 110 valence electrons. The van der Waals surface area contributed by atoms with Gasteiger partial charge >= 0.3 is 0 Å². The van der Waals surface area contributed by atoms with Crippen LogP contribution in [-0.4, -0.2) is 24.4 Å². The van der Waals surface area contributed by atoms with Crippen molar-refractivity contribution in [2.45, 2.75) is 19.1 Å². The van der Waals surface area contributed by atoms with Crippen molar-refractivity contribution in [3.8, 4) is 0 Å². The second-order valence-electron chi connectivity index (χ2n) is 5.39. The quantitative estimate of drug-likeness (QED) is 0.704. The highest BCUT2D eigenvalue weighted by atomic mass is 127. The predicted octanol–water partition coefficient (Wildman–Crippen LogP) is 2.79. The Morgan fingerprint density at radius 2 is 2.29 bits per heavy atom. The van der Waals surface area contributed by atoms with E-state index in [0.29, 0.717) is 0 Å². The van der Waals surface area contributed by atoms with Gasteiger partial charge in [0.25, 0.3) is 5.91 Å². The van der Waals surface area contributed by atoms with Crippen molar-refractivity contribution >= 4 is 44.8 Å². The summed E-state index contributed by atoms with van der Waals surface area (Å²) in [4.78, 5) is 16.1. The van der Waals surface area contributed by atoms with Gasteiger partial charge in [0.05, 0.1) is 5.56 Å². The van der Waals surface area contributed by atoms with Gasteiger partial charge in [-0.1, -0.05) is 0 Å². The van der Waals surface area contributed by atoms with Crippen LogP contribution in [0.15, 0.2) is 16.5 Å². The molecule has 2 aliphatic rings. The number of likely N-dealkylation sites (N-methyl/N-ethyl adjacent to an activating group) is 1. The maximum Gasteiger partial charge on any atom is 0.256 e. The predicted molar refractivity (Wildman–Crippen MR) is 89.6 cm³/mol. The minimum atomic E-state index is -0.286. The molecule has 0 bridgehead atoms. The smallest absolute Gasteiger partial charge is 0.256 e. The number of fused-ring (bicyclic) bond motifs is 3. The Balaban J connectivity index is 1.71. The average Bonchev–Trinajstić information content (AvgIpc) is 3.01. The molecule has 2 aliphatic heterocycles. The monoisotopic (exact) mass is 415 g/mol. The number of hydrogen-bond donors (Lipinski definition) is 2. The van der Waals surface area contributed by atoms with Crippen LogP contribution in [0.2, 0.25) is 0 Å². The van der Waals surface area contributed by atoms with E-state index in [1.54, 1.807) is 11.3 Å². The number of rotatable bonds is 1. The van der Waals surface area contributed by atoms with Crippen molar-refractivity contribution in [1.29, 1.82) is 0 Å². The molecular formula is C14H14IN3O2S. The van der Waals surface area contributed by atoms with Crippen molar-refractivity contribution in [2.24, 2.45) is 0 Å². The van der Waals surface area contributed by atoms with E-state index >= 15 is 0 Å². The second kappa shape index (κ2) is 4.99. The topological polar surface area (TPSA) is 57.5 Å². The molecule has 4 heterocycles. The van der Waals surface area contributed by atoms with Gasteiger partial charge < -0.3 is 20.0 Å². The fourth-order valence-corrected chi connectivity index (χ4v) is 4.66. The summed E-state index contributed by atoms with van der Waals surface area (Å²) in [6, 6.07) is 3.79. The standard InChI is InChI=1S/C14H14IN3O2S/c1-18-5-4-7-9(6-18)21-14-11(7)13(19)16-12(17-14)8-2-3-10(15)20-8/h2-3,12,17H,4-6H2,1H3,(H,16,19)/t12-/m1/s1. The van der Waals surface area contributed by atoms with Gasteiger partial charge in [-0.05, 0) is 53.8 Å². The van der Waals surface area contributed by atoms with Gasteiger partial charge in [0.1, 0.15) is 10.8 Å². The minimum Gasteiger partial charge on any atom is -0.451 e. The molecule has 0 unspecified atom stereocenters. The lowest BCUT2D eigenvalue weighted by Gasteiger charge is -2.25. The van der Waals surface area contributed by atoms with Crippen molar-refractivity contribution < 1.29 is 9.21 Å². The summed E-state index contributed by atoms with van der Waals surface area (Å²) < 4.78 is 6.43. The molecule has 0 saturated heterocycles. The Labute approximate surface area is 139 Å². The van der Waals surface area contributed by atoms with Gasteiger partial charge in [-0.15, -0.1) is 11.3 Å². The average molecular weight is 415 g/mol. The summed E-state index contributed by atoms with van der Waals surface area (Å²) in [7, 11) is 2.11. The van der Waals surface area contributed by atoms with Crippen LogP contribution in [0.25, 0.3) is 0 Å². The number of carbonyl (C=O) groups excluding carboxylic acids is 1. The van der Waals surface area contributed by atoms with Gasteiger partial charge in [-0.2, -0.15) is 0 Å². The van der Waals surface area contributed by atoms with E-state index in [-0.39, 0.29) is 12.1 Å². The fraction of sp³-hybridized carbons (Fsp3) is 0.357. The van der Waals surface area contributed by atoms with E-state index in [2.05, 4.69) is 45.2 Å². The van der Waals surface area contributed by atoms with E-state index < -0.39 is 0 Å².